The van der Waals surface area contributed by atoms with Gasteiger partial charge in [0.25, 0.3) is 0 Å². The summed E-state index contributed by atoms with van der Waals surface area (Å²) >= 11 is 11.6. The number of H-pyrrole nitrogens is 1. The molecule has 1 heterocycles. The van der Waals surface area contributed by atoms with Gasteiger partial charge in [0.15, 0.2) is 3.95 Å². The highest BCUT2D eigenvalue weighted by molar-refractivity contribution is 7.73. The van der Waals surface area contributed by atoms with Gasteiger partial charge in [-0.05, 0) is 23.8 Å². The second-order valence-electron chi connectivity index (χ2n) is 1.47. The van der Waals surface area contributed by atoms with Crippen LogP contribution in [0.25, 0.3) is 0 Å². The summed E-state index contributed by atoms with van der Waals surface area (Å²) in [5.41, 5.74) is 0. The fraction of sp³-hybridized carbons (Fsp3) is 0.500. The van der Waals surface area contributed by atoms with Crippen LogP contribution in [0.2, 0.25) is 0 Å². The van der Waals surface area contributed by atoms with Gasteiger partial charge in [-0.2, -0.15) is 0 Å². The third-order valence-electron chi connectivity index (χ3n) is 0.814. The Morgan fingerprint density at radius 3 is 3.00 bits per heavy atom. The van der Waals surface area contributed by atoms with E-state index in [4.69, 9.17) is 23.8 Å². The number of alkyl halides is 1. The molecule has 0 spiro atoms. The van der Waals surface area contributed by atoms with Crippen molar-refractivity contribution in [2.24, 2.45) is 0 Å². The molecule has 0 aliphatic rings. The molecule has 50 valence electrons. The fourth-order valence-electron chi connectivity index (χ4n) is 0.455. The van der Waals surface area contributed by atoms with Gasteiger partial charge in [-0.1, -0.05) is 0 Å². The quantitative estimate of drug-likeness (QED) is 0.557. The SMILES string of the molecule is S=c1nc(CCCl)[nH]s1. The number of aromatic nitrogens is 2. The van der Waals surface area contributed by atoms with E-state index in [-0.39, 0.29) is 0 Å². The van der Waals surface area contributed by atoms with Crippen LogP contribution in [0.4, 0.5) is 0 Å². The van der Waals surface area contributed by atoms with E-state index in [0.717, 1.165) is 12.2 Å². The predicted octanol–water partition coefficient (Wildman–Crippen LogP) is 1.98. The number of aromatic amines is 1. The largest absolute Gasteiger partial charge is 0.297 e. The van der Waals surface area contributed by atoms with Gasteiger partial charge in [-0.3, -0.25) is 4.37 Å². The highest BCUT2D eigenvalue weighted by atomic mass is 35.5. The molecular formula is C4H5ClN2S2. The third-order valence-corrected chi connectivity index (χ3v) is 1.95. The molecule has 0 amide bonds. The molecular weight excluding hydrogens is 176 g/mol. The lowest BCUT2D eigenvalue weighted by molar-refractivity contribution is 1.00. The van der Waals surface area contributed by atoms with Crippen molar-refractivity contribution in [2.45, 2.75) is 6.42 Å². The second kappa shape index (κ2) is 3.29. The Labute approximate surface area is 67.0 Å². The molecule has 5 heteroatoms. The van der Waals surface area contributed by atoms with E-state index in [0.29, 0.717) is 9.83 Å². The monoisotopic (exact) mass is 180 g/mol. The molecule has 1 N–H and O–H groups in total. The highest BCUT2D eigenvalue weighted by Gasteiger charge is 1.92. The summed E-state index contributed by atoms with van der Waals surface area (Å²) in [5, 5.41) is 0. The summed E-state index contributed by atoms with van der Waals surface area (Å²) in [6.07, 6.45) is 0.773. The molecule has 0 saturated carbocycles. The zero-order chi connectivity index (χ0) is 6.69. The zero-order valence-corrected chi connectivity index (χ0v) is 6.94. The number of hydrogen-bond acceptors (Lipinski definition) is 3. The van der Waals surface area contributed by atoms with Crippen LogP contribution in [-0.2, 0) is 6.42 Å². The van der Waals surface area contributed by atoms with Crippen molar-refractivity contribution >= 4 is 35.4 Å². The Morgan fingerprint density at radius 1 is 1.78 bits per heavy atom. The molecule has 0 atom stereocenters. The Balaban J connectivity index is 2.73. The van der Waals surface area contributed by atoms with Crippen molar-refractivity contribution in [1.29, 1.82) is 0 Å². The Bertz CT molecular complexity index is 228. The van der Waals surface area contributed by atoms with Gasteiger partial charge < -0.3 is 0 Å². The van der Waals surface area contributed by atoms with Gasteiger partial charge in [0, 0.05) is 12.3 Å². The van der Waals surface area contributed by atoms with Crippen molar-refractivity contribution in [3.63, 3.8) is 0 Å². The summed E-state index contributed by atoms with van der Waals surface area (Å²) in [6, 6.07) is 0. The molecule has 9 heavy (non-hydrogen) atoms. The summed E-state index contributed by atoms with van der Waals surface area (Å²) in [6.45, 7) is 0. The summed E-state index contributed by atoms with van der Waals surface area (Å²) in [5.74, 6) is 1.48. The van der Waals surface area contributed by atoms with E-state index in [9.17, 15) is 0 Å². The van der Waals surface area contributed by atoms with Crippen LogP contribution < -0.4 is 0 Å². The first-order valence-corrected chi connectivity index (χ1v) is 4.19. The number of aryl methyl sites for hydroxylation is 1. The normalized spacial score (nSPS) is 9.89. The number of rotatable bonds is 2. The molecule has 0 aliphatic heterocycles. The van der Waals surface area contributed by atoms with Crippen LogP contribution in [-0.4, -0.2) is 15.2 Å². The summed E-state index contributed by atoms with van der Waals surface area (Å²) in [7, 11) is 0. The second-order valence-corrected chi connectivity index (χ2v) is 3.29. The minimum Gasteiger partial charge on any atom is -0.297 e. The van der Waals surface area contributed by atoms with Crippen molar-refractivity contribution in [3.05, 3.63) is 9.78 Å². The zero-order valence-electron chi connectivity index (χ0n) is 4.56. The van der Waals surface area contributed by atoms with Crippen LogP contribution in [0.5, 0.6) is 0 Å². The highest BCUT2D eigenvalue weighted by Crippen LogP contribution is 1.98. The van der Waals surface area contributed by atoms with E-state index in [1.54, 1.807) is 0 Å². The minimum atomic E-state index is 0.592. The molecule has 0 aliphatic carbocycles. The lowest BCUT2D eigenvalue weighted by atomic mass is 10.5. The van der Waals surface area contributed by atoms with E-state index in [2.05, 4.69) is 9.36 Å². The maximum absolute atomic E-state index is 5.46. The van der Waals surface area contributed by atoms with Gasteiger partial charge >= 0.3 is 0 Å². The number of hydrogen-bond donors (Lipinski definition) is 1. The van der Waals surface area contributed by atoms with E-state index < -0.39 is 0 Å². The summed E-state index contributed by atoms with van der Waals surface area (Å²) < 4.78 is 3.60. The van der Waals surface area contributed by atoms with Crippen molar-refractivity contribution < 1.29 is 0 Å². The van der Waals surface area contributed by atoms with E-state index >= 15 is 0 Å². The first-order chi connectivity index (χ1) is 4.33. The third kappa shape index (κ3) is 2.04. The van der Waals surface area contributed by atoms with Gasteiger partial charge in [0.05, 0.1) is 0 Å². The number of nitrogens with one attached hydrogen (secondary N) is 1. The molecule has 1 aromatic heterocycles. The van der Waals surface area contributed by atoms with Gasteiger partial charge in [0.1, 0.15) is 5.82 Å². The Hall–Kier alpha value is 0.0700. The summed E-state index contributed by atoms with van der Waals surface area (Å²) in [4.78, 5) is 3.99. The van der Waals surface area contributed by atoms with Crippen molar-refractivity contribution in [2.75, 3.05) is 5.88 Å². The van der Waals surface area contributed by atoms with Crippen LogP contribution in [0.1, 0.15) is 5.82 Å². The van der Waals surface area contributed by atoms with Crippen LogP contribution in [0, 0.1) is 3.95 Å². The molecule has 0 radical (unpaired) electrons. The first kappa shape index (κ1) is 7.18. The lowest BCUT2D eigenvalue weighted by Gasteiger charge is -1.83. The predicted molar refractivity (Wildman–Crippen MR) is 41.7 cm³/mol. The maximum Gasteiger partial charge on any atom is 0.198 e. The lowest BCUT2D eigenvalue weighted by Crippen LogP contribution is -1.86. The molecule has 0 saturated heterocycles. The fourth-order valence-corrected chi connectivity index (χ4v) is 1.38. The van der Waals surface area contributed by atoms with Crippen LogP contribution in [0.3, 0.4) is 0 Å². The minimum absolute atomic E-state index is 0.592. The number of halogens is 1. The van der Waals surface area contributed by atoms with Gasteiger partial charge in [0.2, 0.25) is 0 Å². The van der Waals surface area contributed by atoms with Crippen molar-refractivity contribution in [3.8, 4) is 0 Å². The van der Waals surface area contributed by atoms with Gasteiger partial charge in [-0.25, -0.2) is 4.98 Å². The first-order valence-electron chi connectivity index (χ1n) is 2.43. The molecule has 1 rings (SSSR count). The number of nitrogens with zero attached hydrogens (tertiary/aromatic N) is 1. The molecule has 0 aromatic carbocycles. The van der Waals surface area contributed by atoms with Gasteiger partial charge in [-0.15, -0.1) is 11.6 Å². The standard InChI is InChI=1S/C4H5ClN2S2/c5-2-1-3-6-4(8)9-7-3/h1-2H2,(H,6,7,8). The smallest absolute Gasteiger partial charge is 0.198 e. The Morgan fingerprint density at radius 2 is 2.56 bits per heavy atom. The average Bonchev–Trinajstić information content (AvgIpc) is 2.17. The molecule has 1 aromatic rings. The maximum atomic E-state index is 5.46. The Kier molecular flexibility index (Phi) is 2.63. The molecule has 0 bridgehead atoms. The van der Waals surface area contributed by atoms with E-state index in [1.807, 2.05) is 0 Å². The topological polar surface area (TPSA) is 28.7 Å². The van der Waals surface area contributed by atoms with Crippen LogP contribution >= 0.6 is 35.4 Å². The van der Waals surface area contributed by atoms with Crippen molar-refractivity contribution in [1.82, 2.24) is 9.36 Å². The van der Waals surface area contributed by atoms with E-state index in [1.165, 1.54) is 11.5 Å². The molecule has 2 nitrogen and oxygen atoms in total. The van der Waals surface area contributed by atoms with Crippen LogP contribution in [0.15, 0.2) is 0 Å². The average molecular weight is 181 g/mol. The molecule has 0 unspecified atom stereocenters. The molecule has 0 fully saturated rings.